The normalized spacial score (nSPS) is 10.8. The molecule has 4 nitrogen and oxygen atoms in total. The van der Waals surface area contributed by atoms with E-state index < -0.39 is 0 Å². The van der Waals surface area contributed by atoms with E-state index in [9.17, 15) is 0 Å². The first-order valence-corrected chi connectivity index (χ1v) is 6.10. The van der Waals surface area contributed by atoms with E-state index >= 15 is 0 Å². The second-order valence-electron chi connectivity index (χ2n) is 4.58. The number of benzene rings is 1. The fraction of sp³-hybridized carbons (Fsp3) is 0.133. The van der Waals surface area contributed by atoms with Crippen molar-refractivity contribution in [1.29, 1.82) is 0 Å². The molecule has 0 saturated carbocycles. The minimum absolute atomic E-state index is 0.634. The molecule has 2 heterocycles. The molecule has 96 valence electrons. The van der Waals surface area contributed by atoms with Crippen molar-refractivity contribution < 1.29 is 4.42 Å². The van der Waals surface area contributed by atoms with Gasteiger partial charge < -0.3 is 10.2 Å². The summed E-state index contributed by atoms with van der Waals surface area (Å²) in [6, 6.07) is 12.0. The molecule has 2 aromatic heterocycles. The van der Waals surface area contributed by atoms with Gasteiger partial charge in [-0.15, -0.1) is 0 Å². The Morgan fingerprint density at radius 1 is 1.16 bits per heavy atom. The average Bonchev–Trinajstić information content (AvgIpc) is 3.01. The molecule has 4 heteroatoms. The summed E-state index contributed by atoms with van der Waals surface area (Å²) in [6.45, 7) is 2.06. The Labute approximate surface area is 111 Å². The summed E-state index contributed by atoms with van der Waals surface area (Å²) in [6.07, 6.45) is 1.64. The van der Waals surface area contributed by atoms with Gasteiger partial charge in [-0.3, -0.25) is 4.68 Å². The van der Waals surface area contributed by atoms with E-state index in [0.717, 1.165) is 22.6 Å². The first kappa shape index (κ1) is 11.6. The lowest BCUT2D eigenvalue weighted by atomic mass is 10.0. The Kier molecular flexibility index (Phi) is 2.63. The predicted octanol–water partition coefficient (Wildman–Crippen LogP) is 3.24. The molecule has 0 bridgehead atoms. The lowest BCUT2D eigenvalue weighted by molar-refractivity contribution is 0.578. The summed E-state index contributed by atoms with van der Waals surface area (Å²) in [5, 5.41) is 4.45. The monoisotopic (exact) mass is 253 g/mol. The van der Waals surface area contributed by atoms with Crippen LogP contribution in [0.1, 0.15) is 5.56 Å². The van der Waals surface area contributed by atoms with E-state index in [1.807, 2.05) is 19.2 Å². The number of anilines is 1. The lowest BCUT2D eigenvalue weighted by Gasteiger charge is -2.03. The molecule has 0 amide bonds. The van der Waals surface area contributed by atoms with Gasteiger partial charge in [0, 0.05) is 7.05 Å². The third-order valence-electron chi connectivity index (χ3n) is 3.19. The summed E-state index contributed by atoms with van der Waals surface area (Å²) < 4.78 is 7.12. The molecule has 0 saturated heterocycles. The molecule has 19 heavy (non-hydrogen) atoms. The highest BCUT2D eigenvalue weighted by Crippen LogP contribution is 2.35. The molecule has 0 radical (unpaired) electrons. The topological polar surface area (TPSA) is 57.0 Å². The second-order valence-corrected chi connectivity index (χ2v) is 4.58. The molecular formula is C15H15N3O. The highest BCUT2D eigenvalue weighted by molar-refractivity contribution is 5.86. The van der Waals surface area contributed by atoms with E-state index in [2.05, 4.69) is 36.3 Å². The fourth-order valence-corrected chi connectivity index (χ4v) is 2.13. The number of aromatic nitrogens is 2. The van der Waals surface area contributed by atoms with Gasteiger partial charge in [0.25, 0.3) is 0 Å². The number of nitrogens with two attached hydrogens (primary N) is 1. The Bertz CT molecular complexity index is 694. The quantitative estimate of drug-likeness (QED) is 0.762. The predicted molar refractivity (Wildman–Crippen MR) is 75.5 cm³/mol. The van der Waals surface area contributed by atoms with Gasteiger partial charge in [0.05, 0.1) is 11.8 Å². The fourth-order valence-electron chi connectivity index (χ4n) is 2.13. The van der Waals surface area contributed by atoms with Gasteiger partial charge in [0.15, 0.2) is 5.76 Å². The maximum absolute atomic E-state index is 6.14. The molecule has 0 aliphatic rings. The van der Waals surface area contributed by atoms with Crippen LogP contribution in [0.2, 0.25) is 0 Å². The molecule has 3 aromatic rings. The number of aryl methyl sites for hydroxylation is 2. The van der Waals surface area contributed by atoms with Crippen molar-refractivity contribution in [2.24, 2.45) is 7.05 Å². The molecule has 0 aliphatic heterocycles. The summed E-state index contributed by atoms with van der Waals surface area (Å²) in [5.74, 6) is 1.36. The first-order chi connectivity index (χ1) is 9.16. The van der Waals surface area contributed by atoms with Crippen LogP contribution >= 0.6 is 0 Å². The summed E-state index contributed by atoms with van der Waals surface area (Å²) in [7, 11) is 1.83. The van der Waals surface area contributed by atoms with Gasteiger partial charge in [-0.1, -0.05) is 29.8 Å². The third kappa shape index (κ3) is 1.91. The smallest absolute Gasteiger partial charge is 0.154 e. The largest absolute Gasteiger partial charge is 0.463 e. The Hall–Kier alpha value is -2.49. The molecule has 0 fully saturated rings. The van der Waals surface area contributed by atoms with Crippen LogP contribution in [0.25, 0.3) is 22.6 Å². The number of hydrogen-bond donors (Lipinski definition) is 1. The standard InChI is InChI=1S/C15H15N3O/c1-10-5-7-11(8-6-10)13-14(12-4-3-9-19-12)17-18(2)15(13)16/h3-9H,16H2,1-2H3. The Morgan fingerprint density at radius 3 is 2.53 bits per heavy atom. The van der Waals surface area contributed by atoms with Crippen LogP contribution in [-0.2, 0) is 7.05 Å². The SMILES string of the molecule is Cc1ccc(-c2c(-c3ccco3)nn(C)c2N)cc1. The highest BCUT2D eigenvalue weighted by Gasteiger charge is 2.18. The zero-order chi connectivity index (χ0) is 13.4. The maximum atomic E-state index is 6.14. The highest BCUT2D eigenvalue weighted by atomic mass is 16.3. The van der Waals surface area contributed by atoms with Crippen LogP contribution in [0.3, 0.4) is 0 Å². The van der Waals surface area contributed by atoms with Gasteiger partial charge in [0.1, 0.15) is 11.5 Å². The average molecular weight is 253 g/mol. The molecule has 0 unspecified atom stereocenters. The van der Waals surface area contributed by atoms with Crippen molar-refractivity contribution in [3.63, 3.8) is 0 Å². The van der Waals surface area contributed by atoms with Crippen molar-refractivity contribution in [3.05, 3.63) is 48.2 Å². The van der Waals surface area contributed by atoms with E-state index in [-0.39, 0.29) is 0 Å². The van der Waals surface area contributed by atoms with Crippen LogP contribution in [0, 0.1) is 6.92 Å². The zero-order valence-electron chi connectivity index (χ0n) is 10.9. The minimum Gasteiger partial charge on any atom is -0.463 e. The van der Waals surface area contributed by atoms with Gasteiger partial charge in [0.2, 0.25) is 0 Å². The first-order valence-electron chi connectivity index (χ1n) is 6.10. The second kappa shape index (κ2) is 4.31. The maximum Gasteiger partial charge on any atom is 0.154 e. The van der Waals surface area contributed by atoms with Crippen LogP contribution in [0.4, 0.5) is 5.82 Å². The Balaban J connectivity index is 2.22. The van der Waals surface area contributed by atoms with Crippen molar-refractivity contribution >= 4 is 5.82 Å². The summed E-state index contributed by atoms with van der Waals surface area (Å²) in [5.41, 5.74) is 10.1. The molecule has 3 rings (SSSR count). The number of nitrogen functional groups attached to an aromatic ring is 1. The van der Waals surface area contributed by atoms with Crippen LogP contribution in [0.5, 0.6) is 0 Å². The van der Waals surface area contributed by atoms with Crippen LogP contribution in [-0.4, -0.2) is 9.78 Å². The van der Waals surface area contributed by atoms with Crippen molar-refractivity contribution in [3.8, 4) is 22.6 Å². The molecule has 2 N–H and O–H groups in total. The van der Waals surface area contributed by atoms with Crippen LogP contribution < -0.4 is 5.73 Å². The number of rotatable bonds is 2. The molecule has 0 aliphatic carbocycles. The van der Waals surface area contributed by atoms with E-state index in [1.165, 1.54) is 5.56 Å². The van der Waals surface area contributed by atoms with Crippen molar-refractivity contribution in [2.45, 2.75) is 6.92 Å². The minimum atomic E-state index is 0.634. The summed E-state index contributed by atoms with van der Waals surface area (Å²) >= 11 is 0. The molecule has 0 atom stereocenters. The molecular weight excluding hydrogens is 238 g/mol. The Morgan fingerprint density at radius 2 is 1.89 bits per heavy atom. The lowest BCUT2D eigenvalue weighted by Crippen LogP contribution is -1.97. The number of nitrogens with zero attached hydrogens (tertiary/aromatic N) is 2. The van der Waals surface area contributed by atoms with Gasteiger partial charge in [-0.25, -0.2) is 0 Å². The van der Waals surface area contributed by atoms with Crippen LogP contribution in [0.15, 0.2) is 47.1 Å². The summed E-state index contributed by atoms with van der Waals surface area (Å²) in [4.78, 5) is 0. The van der Waals surface area contributed by atoms with Crippen molar-refractivity contribution in [1.82, 2.24) is 9.78 Å². The van der Waals surface area contributed by atoms with Crippen molar-refractivity contribution in [2.75, 3.05) is 5.73 Å². The third-order valence-corrected chi connectivity index (χ3v) is 3.19. The number of furan rings is 1. The van der Waals surface area contributed by atoms with Gasteiger partial charge in [-0.2, -0.15) is 5.10 Å². The van der Waals surface area contributed by atoms with E-state index in [0.29, 0.717) is 5.82 Å². The van der Waals surface area contributed by atoms with Gasteiger partial charge in [-0.05, 0) is 24.6 Å². The zero-order valence-corrected chi connectivity index (χ0v) is 10.9. The van der Waals surface area contributed by atoms with Gasteiger partial charge >= 0.3 is 0 Å². The van der Waals surface area contributed by atoms with E-state index in [1.54, 1.807) is 10.9 Å². The molecule has 0 spiro atoms. The van der Waals surface area contributed by atoms with E-state index in [4.69, 9.17) is 10.2 Å². The number of hydrogen-bond acceptors (Lipinski definition) is 3. The molecule has 1 aromatic carbocycles.